The summed E-state index contributed by atoms with van der Waals surface area (Å²) in [6, 6.07) is 3.94. The van der Waals surface area contributed by atoms with Crippen LogP contribution in [0.5, 0.6) is 0 Å². The molecule has 0 amide bonds. The van der Waals surface area contributed by atoms with Crippen molar-refractivity contribution in [1.29, 1.82) is 0 Å². The molecule has 0 N–H and O–H groups in total. The van der Waals surface area contributed by atoms with Crippen molar-refractivity contribution in [3.05, 3.63) is 36.8 Å². The van der Waals surface area contributed by atoms with Crippen molar-refractivity contribution in [3.63, 3.8) is 0 Å². The van der Waals surface area contributed by atoms with Gasteiger partial charge in [0, 0.05) is 5.92 Å². The summed E-state index contributed by atoms with van der Waals surface area (Å²) in [6.45, 7) is 8.07. The van der Waals surface area contributed by atoms with Crippen molar-refractivity contribution in [2.45, 2.75) is 44.3 Å². The van der Waals surface area contributed by atoms with Crippen LogP contribution in [0.4, 0.5) is 0 Å². The summed E-state index contributed by atoms with van der Waals surface area (Å²) in [4.78, 5) is 0. The molecule has 82 valence electrons. The molecule has 1 aliphatic rings. The van der Waals surface area contributed by atoms with Crippen LogP contribution >= 0.6 is 0 Å². The first-order valence-electron chi connectivity index (χ1n) is 5.49. The lowest BCUT2D eigenvalue weighted by Crippen LogP contribution is -2.24. The van der Waals surface area contributed by atoms with Crippen LogP contribution in [0.15, 0.2) is 35.5 Å². The highest BCUT2D eigenvalue weighted by Crippen LogP contribution is 2.37. The van der Waals surface area contributed by atoms with E-state index in [-0.39, 0.29) is 11.7 Å². The summed E-state index contributed by atoms with van der Waals surface area (Å²) in [5.41, 5.74) is -0.147. The molecule has 1 aromatic rings. The lowest BCUT2D eigenvalue weighted by atomic mass is 9.97. The number of furan rings is 1. The molecule has 1 unspecified atom stereocenters. The Hall–Kier alpha value is -1.02. The van der Waals surface area contributed by atoms with Gasteiger partial charge in [0.05, 0.1) is 18.0 Å². The van der Waals surface area contributed by atoms with Gasteiger partial charge in [0.1, 0.15) is 5.76 Å². The van der Waals surface area contributed by atoms with Gasteiger partial charge in [-0.25, -0.2) is 0 Å². The first kappa shape index (κ1) is 10.5. The summed E-state index contributed by atoms with van der Waals surface area (Å²) in [6.07, 6.45) is 5.99. The highest BCUT2D eigenvalue weighted by Gasteiger charge is 2.37. The molecule has 0 spiro atoms. The molecule has 2 heterocycles. The lowest BCUT2D eigenvalue weighted by Gasteiger charge is -2.23. The first-order valence-corrected chi connectivity index (χ1v) is 5.49. The van der Waals surface area contributed by atoms with Gasteiger partial charge < -0.3 is 9.15 Å². The van der Waals surface area contributed by atoms with Gasteiger partial charge in [0.2, 0.25) is 0 Å². The third-order valence-electron chi connectivity index (χ3n) is 3.33. The van der Waals surface area contributed by atoms with Gasteiger partial charge in [0.15, 0.2) is 0 Å². The number of hydrogen-bond donors (Lipinski definition) is 0. The molecule has 0 radical (unpaired) electrons. The third kappa shape index (κ3) is 2.00. The zero-order valence-electron chi connectivity index (χ0n) is 9.40. The quantitative estimate of drug-likeness (QED) is 0.706. The average molecular weight is 206 g/mol. The van der Waals surface area contributed by atoms with E-state index in [4.69, 9.17) is 9.15 Å². The molecule has 0 aromatic carbocycles. The van der Waals surface area contributed by atoms with Crippen LogP contribution in [0, 0.1) is 0 Å². The average Bonchev–Trinajstić information content (AvgIpc) is 2.86. The second kappa shape index (κ2) is 3.86. The van der Waals surface area contributed by atoms with E-state index in [9.17, 15) is 0 Å². The third-order valence-corrected chi connectivity index (χ3v) is 3.33. The summed E-state index contributed by atoms with van der Waals surface area (Å²) >= 11 is 0. The van der Waals surface area contributed by atoms with E-state index in [0.717, 1.165) is 18.6 Å². The first-order chi connectivity index (χ1) is 7.14. The van der Waals surface area contributed by atoms with Crippen molar-refractivity contribution >= 4 is 0 Å². The Morgan fingerprint density at radius 1 is 1.67 bits per heavy atom. The number of hydrogen-bond acceptors (Lipinski definition) is 2. The van der Waals surface area contributed by atoms with Crippen LogP contribution in [0.2, 0.25) is 0 Å². The van der Waals surface area contributed by atoms with E-state index in [1.807, 2.05) is 18.2 Å². The predicted molar refractivity (Wildman–Crippen MR) is 59.8 cm³/mol. The van der Waals surface area contributed by atoms with E-state index >= 15 is 0 Å². The second-order valence-electron chi connectivity index (χ2n) is 4.52. The van der Waals surface area contributed by atoms with E-state index in [0.29, 0.717) is 5.92 Å². The molecule has 2 heteroatoms. The molecule has 0 aliphatic carbocycles. The zero-order chi connectivity index (χ0) is 10.9. The molecule has 1 saturated heterocycles. The molecule has 3 atom stereocenters. The van der Waals surface area contributed by atoms with Crippen molar-refractivity contribution in [1.82, 2.24) is 0 Å². The van der Waals surface area contributed by atoms with Crippen molar-refractivity contribution in [3.8, 4) is 0 Å². The van der Waals surface area contributed by atoms with E-state index < -0.39 is 0 Å². The van der Waals surface area contributed by atoms with Gasteiger partial charge in [-0.1, -0.05) is 13.0 Å². The topological polar surface area (TPSA) is 22.4 Å². The predicted octanol–water partition coefficient (Wildman–Crippen LogP) is 3.51. The SMILES string of the molecule is C=C[C@@]1(C)CCC([C@H](C)c2ccco2)O1. The molecule has 0 saturated carbocycles. The Kier molecular flexibility index (Phi) is 2.70. The molecular weight excluding hydrogens is 188 g/mol. The summed E-state index contributed by atoms with van der Waals surface area (Å²) < 4.78 is 11.4. The maximum Gasteiger partial charge on any atom is 0.109 e. The van der Waals surface area contributed by atoms with Crippen molar-refractivity contribution in [2.75, 3.05) is 0 Å². The van der Waals surface area contributed by atoms with Crippen LogP contribution in [0.25, 0.3) is 0 Å². The number of ether oxygens (including phenoxy) is 1. The molecule has 1 fully saturated rings. The van der Waals surface area contributed by atoms with Crippen LogP contribution in [-0.2, 0) is 4.74 Å². The monoisotopic (exact) mass is 206 g/mol. The fourth-order valence-corrected chi connectivity index (χ4v) is 2.13. The minimum absolute atomic E-state index is 0.147. The van der Waals surface area contributed by atoms with E-state index in [2.05, 4.69) is 20.4 Å². The smallest absolute Gasteiger partial charge is 0.109 e. The Balaban J connectivity index is 2.05. The maximum atomic E-state index is 6.01. The number of rotatable bonds is 3. The second-order valence-corrected chi connectivity index (χ2v) is 4.52. The Morgan fingerprint density at radius 2 is 2.47 bits per heavy atom. The summed E-state index contributed by atoms with van der Waals surface area (Å²) in [5.74, 6) is 1.33. The van der Waals surface area contributed by atoms with E-state index in [1.54, 1.807) is 6.26 Å². The minimum Gasteiger partial charge on any atom is -0.469 e. The molecule has 0 bridgehead atoms. The van der Waals surface area contributed by atoms with Crippen molar-refractivity contribution in [2.24, 2.45) is 0 Å². The van der Waals surface area contributed by atoms with Gasteiger partial charge in [0.25, 0.3) is 0 Å². The normalized spacial score (nSPS) is 32.8. The van der Waals surface area contributed by atoms with Gasteiger partial charge in [-0.3, -0.25) is 0 Å². The van der Waals surface area contributed by atoms with Crippen LogP contribution in [-0.4, -0.2) is 11.7 Å². The Labute approximate surface area is 90.9 Å². The fourth-order valence-electron chi connectivity index (χ4n) is 2.13. The summed E-state index contributed by atoms with van der Waals surface area (Å²) in [7, 11) is 0. The maximum absolute atomic E-state index is 6.01. The molecule has 15 heavy (non-hydrogen) atoms. The minimum atomic E-state index is -0.147. The highest BCUT2D eigenvalue weighted by atomic mass is 16.5. The van der Waals surface area contributed by atoms with E-state index in [1.165, 1.54) is 0 Å². The van der Waals surface area contributed by atoms with Gasteiger partial charge in [-0.2, -0.15) is 0 Å². The zero-order valence-corrected chi connectivity index (χ0v) is 9.40. The largest absolute Gasteiger partial charge is 0.469 e. The van der Waals surface area contributed by atoms with Crippen LogP contribution in [0.3, 0.4) is 0 Å². The fraction of sp³-hybridized carbons (Fsp3) is 0.538. The lowest BCUT2D eigenvalue weighted by molar-refractivity contribution is -0.00798. The van der Waals surface area contributed by atoms with Gasteiger partial charge >= 0.3 is 0 Å². The molecule has 2 rings (SSSR count). The molecule has 2 nitrogen and oxygen atoms in total. The molecule has 1 aromatic heterocycles. The molecule has 1 aliphatic heterocycles. The van der Waals surface area contributed by atoms with Crippen LogP contribution in [0.1, 0.15) is 38.4 Å². The summed E-state index contributed by atoms with van der Waals surface area (Å²) in [5, 5.41) is 0. The van der Waals surface area contributed by atoms with Gasteiger partial charge in [-0.15, -0.1) is 6.58 Å². The van der Waals surface area contributed by atoms with Gasteiger partial charge in [-0.05, 0) is 31.9 Å². The Bertz CT molecular complexity index is 328. The Morgan fingerprint density at radius 3 is 3.00 bits per heavy atom. The highest BCUT2D eigenvalue weighted by molar-refractivity contribution is 5.09. The molecular formula is C13H18O2. The van der Waals surface area contributed by atoms with Crippen molar-refractivity contribution < 1.29 is 9.15 Å². The van der Waals surface area contributed by atoms with Crippen LogP contribution < -0.4 is 0 Å². The standard InChI is InChI=1S/C13H18O2/c1-4-13(3)8-7-12(15-13)10(2)11-6-5-9-14-11/h4-6,9-10,12H,1,7-8H2,2-3H3/t10-,12?,13+/m1/s1.